The van der Waals surface area contributed by atoms with Crippen LogP contribution in [0.15, 0.2) is 29.6 Å². The first-order valence-electron chi connectivity index (χ1n) is 6.14. The summed E-state index contributed by atoms with van der Waals surface area (Å²) in [5.74, 6) is -0.422. The molecule has 0 bridgehead atoms. The predicted molar refractivity (Wildman–Crippen MR) is 78.4 cm³/mol. The largest absolute Gasteiger partial charge is 0.397 e. The summed E-state index contributed by atoms with van der Waals surface area (Å²) in [6, 6.07) is 7.36. The Kier molecular flexibility index (Phi) is 2.91. The van der Waals surface area contributed by atoms with Gasteiger partial charge < -0.3 is 16.4 Å². The molecular formula is C14H15N3OS. The van der Waals surface area contributed by atoms with E-state index in [9.17, 15) is 4.79 Å². The lowest BCUT2D eigenvalue weighted by atomic mass is 10.1. The molecule has 4 nitrogen and oxygen atoms in total. The number of amides is 1. The minimum absolute atomic E-state index is 0.422. The minimum atomic E-state index is -0.422. The van der Waals surface area contributed by atoms with E-state index in [2.05, 4.69) is 16.3 Å². The predicted octanol–water partition coefficient (Wildman–Crippen LogP) is 1.99. The maximum Gasteiger partial charge on any atom is 0.248 e. The van der Waals surface area contributed by atoms with Crippen molar-refractivity contribution in [2.75, 3.05) is 17.2 Å². The van der Waals surface area contributed by atoms with Crippen LogP contribution in [-0.4, -0.2) is 12.5 Å². The van der Waals surface area contributed by atoms with Gasteiger partial charge in [-0.3, -0.25) is 4.79 Å². The number of hydrogen-bond acceptors (Lipinski definition) is 4. The van der Waals surface area contributed by atoms with E-state index in [1.165, 1.54) is 10.4 Å². The second-order valence-corrected chi connectivity index (χ2v) is 5.68. The molecule has 2 aromatic rings. The molecule has 98 valence electrons. The monoisotopic (exact) mass is 273 g/mol. The van der Waals surface area contributed by atoms with Crippen molar-refractivity contribution in [2.45, 2.75) is 13.0 Å². The van der Waals surface area contributed by atoms with Crippen molar-refractivity contribution < 1.29 is 4.79 Å². The Morgan fingerprint density at radius 2 is 2.16 bits per heavy atom. The number of rotatable bonds is 2. The number of carbonyl (C=O) groups excluding carboxylic acids is 1. The molecule has 0 spiro atoms. The topological polar surface area (TPSA) is 72.3 Å². The second-order valence-electron chi connectivity index (χ2n) is 4.68. The number of hydrogen-bond donors (Lipinski definition) is 2. The zero-order valence-corrected chi connectivity index (χ0v) is 11.2. The van der Waals surface area contributed by atoms with Gasteiger partial charge in [-0.25, -0.2) is 0 Å². The van der Waals surface area contributed by atoms with Crippen molar-refractivity contribution in [3.63, 3.8) is 0 Å². The van der Waals surface area contributed by atoms with Crippen LogP contribution in [0, 0.1) is 0 Å². The van der Waals surface area contributed by atoms with Crippen molar-refractivity contribution >= 4 is 28.6 Å². The fourth-order valence-corrected chi connectivity index (χ4v) is 3.31. The molecule has 1 aromatic heterocycles. The van der Waals surface area contributed by atoms with Crippen LogP contribution in [0.3, 0.4) is 0 Å². The molecule has 1 aliphatic heterocycles. The summed E-state index contributed by atoms with van der Waals surface area (Å²) in [4.78, 5) is 14.9. The second kappa shape index (κ2) is 4.59. The summed E-state index contributed by atoms with van der Waals surface area (Å²) in [7, 11) is 0. The number of benzene rings is 1. The molecule has 0 aliphatic carbocycles. The molecule has 0 saturated carbocycles. The molecule has 19 heavy (non-hydrogen) atoms. The average Bonchev–Trinajstić information content (AvgIpc) is 2.86. The molecule has 0 unspecified atom stereocenters. The van der Waals surface area contributed by atoms with E-state index in [1.54, 1.807) is 29.5 Å². The van der Waals surface area contributed by atoms with Gasteiger partial charge in [0.1, 0.15) is 0 Å². The van der Waals surface area contributed by atoms with Crippen molar-refractivity contribution in [1.29, 1.82) is 0 Å². The van der Waals surface area contributed by atoms with Gasteiger partial charge >= 0.3 is 0 Å². The number of primary amides is 1. The Balaban J connectivity index is 1.95. The summed E-state index contributed by atoms with van der Waals surface area (Å²) in [6.07, 6.45) is 1.02. The Labute approximate surface area is 115 Å². The molecule has 0 saturated heterocycles. The molecular weight excluding hydrogens is 258 g/mol. The Hall–Kier alpha value is -2.01. The van der Waals surface area contributed by atoms with Gasteiger partial charge in [-0.15, -0.1) is 11.3 Å². The third kappa shape index (κ3) is 2.17. The van der Waals surface area contributed by atoms with Crippen LogP contribution in [0.5, 0.6) is 0 Å². The van der Waals surface area contributed by atoms with E-state index in [0.29, 0.717) is 11.3 Å². The highest BCUT2D eigenvalue weighted by atomic mass is 32.1. The zero-order valence-electron chi connectivity index (χ0n) is 10.4. The highest BCUT2D eigenvalue weighted by molar-refractivity contribution is 7.10. The number of anilines is 2. The molecule has 5 heteroatoms. The van der Waals surface area contributed by atoms with Crippen LogP contribution in [0.1, 0.15) is 20.8 Å². The fraction of sp³-hybridized carbons (Fsp3) is 0.214. The Morgan fingerprint density at radius 1 is 1.32 bits per heavy atom. The lowest BCUT2D eigenvalue weighted by molar-refractivity contribution is 0.100. The van der Waals surface area contributed by atoms with E-state index in [-0.39, 0.29) is 0 Å². The lowest BCUT2D eigenvalue weighted by Crippen LogP contribution is -2.30. The summed E-state index contributed by atoms with van der Waals surface area (Å²) in [6.45, 7) is 1.76. The van der Waals surface area contributed by atoms with Gasteiger partial charge in [0.2, 0.25) is 5.91 Å². The highest BCUT2D eigenvalue weighted by Gasteiger charge is 2.19. The van der Waals surface area contributed by atoms with Crippen LogP contribution >= 0.6 is 11.3 Å². The SMILES string of the molecule is NC(=O)c1ccc(N)c(N2CCc3sccc3C2)c1. The first-order valence-corrected chi connectivity index (χ1v) is 7.02. The molecule has 3 rings (SSSR count). The highest BCUT2D eigenvalue weighted by Crippen LogP contribution is 2.31. The molecule has 0 fully saturated rings. The van der Waals surface area contributed by atoms with E-state index in [0.717, 1.165) is 25.2 Å². The van der Waals surface area contributed by atoms with E-state index >= 15 is 0 Å². The quantitative estimate of drug-likeness (QED) is 0.822. The summed E-state index contributed by atoms with van der Waals surface area (Å²) >= 11 is 1.80. The number of nitrogens with zero attached hydrogens (tertiary/aromatic N) is 1. The van der Waals surface area contributed by atoms with Gasteiger partial charge in [0, 0.05) is 23.5 Å². The zero-order chi connectivity index (χ0) is 13.4. The van der Waals surface area contributed by atoms with Crippen molar-refractivity contribution in [2.24, 2.45) is 5.73 Å². The number of fused-ring (bicyclic) bond motifs is 1. The first kappa shape index (κ1) is 12.0. The van der Waals surface area contributed by atoms with Crippen LogP contribution in [-0.2, 0) is 13.0 Å². The number of nitrogen functional groups attached to an aromatic ring is 1. The Bertz CT molecular complexity index is 635. The van der Waals surface area contributed by atoms with Crippen molar-refractivity contribution in [1.82, 2.24) is 0 Å². The van der Waals surface area contributed by atoms with Crippen LogP contribution in [0.25, 0.3) is 0 Å². The number of nitrogens with two attached hydrogens (primary N) is 2. The summed E-state index contributed by atoms with van der Waals surface area (Å²) in [5, 5.41) is 2.12. The molecule has 1 aromatic carbocycles. The van der Waals surface area contributed by atoms with Crippen molar-refractivity contribution in [3.8, 4) is 0 Å². The summed E-state index contributed by atoms with van der Waals surface area (Å²) in [5.41, 5.74) is 14.8. The molecule has 1 amide bonds. The van der Waals surface area contributed by atoms with Gasteiger partial charge in [0.25, 0.3) is 0 Å². The van der Waals surface area contributed by atoms with Crippen LogP contribution < -0.4 is 16.4 Å². The van der Waals surface area contributed by atoms with Gasteiger partial charge in [0.15, 0.2) is 0 Å². The van der Waals surface area contributed by atoms with Crippen LogP contribution in [0.2, 0.25) is 0 Å². The third-order valence-electron chi connectivity index (χ3n) is 3.46. The van der Waals surface area contributed by atoms with Gasteiger partial charge in [-0.05, 0) is 41.6 Å². The average molecular weight is 273 g/mol. The van der Waals surface area contributed by atoms with Crippen molar-refractivity contribution in [3.05, 3.63) is 45.6 Å². The Morgan fingerprint density at radius 3 is 2.95 bits per heavy atom. The number of thiophene rings is 1. The minimum Gasteiger partial charge on any atom is -0.397 e. The molecule has 4 N–H and O–H groups in total. The molecule has 0 radical (unpaired) electrons. The number of carbonyl (C=O) groups is 1. The van der Waals surface area contributed by atoms with Crippen LogP contribution in [0.4, 0.5) is 11.4 Å². The molecule has 2 heterocycles. The third-order valence-corrected chi connectivity index (χ3v) is 4.49. The van der Waals surface area contributed by atoms with Gasteiger partial charge in [-0.1, -0.05) is 0 Å². The van der Waals surface area contributed by atoms with E-state index < -0.39 is 5.91 Å². The van der Waals surface area contributed by atoms with E-state index in [1.807, 2.05) is 0 Å². The first-order chi connectivity index (χ1) is 9.15. The maximum absolute atomic E-state index is 11.3. The summed E-state index contributed by atoms with van der Waals surface area (Å²) < 4.78 is 0. The fourth-order valence-electron chi connectivity index (χ4n) is 2.42. The van der Waals surface area contributed by atoms with Gasteiger partial charge in [-0.2, -0.15) is 0 Å². The normalized spacial score (nSPS) is 14.2. The standard InChI is InChI=1S/C14H15N3OS/c15-11-2-1-9(14(16)18)7-12(11)17-5-3-13-10(8-17)4-6-19-13/h1-2,4,6-7H,3,5,8,15H2,(H2,16,18). The smallest absolute Gasteiger partial charge is 0.248 e. The lowest BCUT2D eigenvalue weighted by Gasteiger charge is -2.30. The van der Waals surface area contributed by atoms with E-state index in [4.69, 9.17) is 11.5 Å². The van der Waals surface area contributed by atoms with Gasteiger partial charge in [0.05, 0.1) is 11.4 Å². The molecule has 1 aliphatic rings. The maximum atomic E-state index is 11.3. The molecule has 0 atom stereocenters.